The number of nitrogens with one attached hydrogen (secondary N) is 1. The van der Waals surface area contributed by atoms with Crippen molar-refractivity contribution in [2.75, 3.05) is 18.0 Å². The van der Waals surface area contributed by atoms with Crippen molar-refractivity contribution < 1.29 is 0 Å². The number of hydrogen-bond donors (Lipinski definition) is 1. The van der Waals surface area contributed by atoms with Crippen LogP contribution in [-0.2, 0) is 0 Å². The topological polar surface area (TPSA) is 49.0 Å². The summed E-state index contributed by atoms with van der Waals surface area (Å²) in [5.74, 6) is 2.24. The van der Waals surface area contributed by atoms with Crippen molar-refractivity contribution in [3.8, 4) is 0 Å². The lowest BCUT2D eigenvalue weighted by Crippen LogP contribution is -2.41. The fraction of sp³-hybridized carbons (Fsp3) is 0.692. The highest BCUT2D eigenvalue weighted by Gasteiger charge is 2.28. The highest BCUT2D eigenvalue weighted by Crippen LogP contribution is 2.38. The highest BCUT2D eigenvalue weighted by atomic mass is 32.2. The summed E-state index contributed by atoms with van der Waals surface area (Å²) in [5.41, 5.74) is -0.0135. The van der Waals surface area contributed by atoms with E-state index in [2.05, 4.69) is 28.7 Å². The molecule has 1 aliphatic heterocycles. The number of H-pyrrole nitrogens is 1. The van der Waals surface area contributed by atoms with Crippen LogP contribution in [0.5, 0.6) is 0 Å². The Morgan fingerprint density at radius 2 is 2.00 bits per heavy atom. The Kier molecular flexibility index (Phi) is 3.09. The van der Waals surface area contributed by atoms with E-state index in [1.807, 2.05) is 11.8 Å². The molecule has 5 heteroatoms. The second-order valence-electron chi connectivity index (χ2n) is 5.43. The van der Waals surface area contributed by atoms with Gasteiger partial charge in [-0.1, -0.05) is 13.8 Å². The number of anilines is 1. The SMILES string of the molecule is CC1CN(c2cc(=O)[nH]c(C3CC3)n2)CC(C)S1. The molecule has 4 nitrogen and oxygen atoms in total. The first kappa shape index (κ1) is 12.1. The molecule has 0 aromatic carbocycles. The van der Waals surface area contributed by atoms with Crippen LogP contribution >= 0.6 is 11.8 Å². The molecule has 1 aliphatic carbocycles. The van der Waals surface area contributed by atoms with Gasteiger partial charge in [-0.3, -0.25) is 4.79 Å². The predicted octanol–water partition coefficient (Wildman–Crippen LogP) is 1.98. The van der Waals surface area contributed by atoms with Gasteiger partial charge in [-0.15, -0.1) is 0 Å². The molecule has 18 heavy (non-hydrogen) atoms. The van der Waals surface area contributed by atoms with Crippen LogP contribution in [0.15, 0.2) is 10.9 Å². The van der Waals surface area contributed by atoms with Crippen LogP contribution in [0.3, 0.4) is 0 Å². The van der Waals surface area contributed by atoms with Gasteiger partial charge in [0.1, 0.15) is 11.6 Å². The Balaban J connectivity index is 1.88. The molecule has 1 aromatic heterocycles. The van der Waals surface area contributed by atoms with Crippen LogP contribution < -0.4 is 10.5 Å². The number of rotatable bonds is 2. The summed E-state index contributed by atoms with van der Waals surface area (Å²) in [6.07, 6.45) is 2.32. The Bertz CT molecular complexity index is 487. The van der Waals surface area contributed by atoms with Crippen molar-refractivity contribution in [1.82, 2.24) is 9.97 Å². The minimum absolute atomic E-state index is 0.0135. The zero-order valence-electron chi connectivity index (χ0n) is 10.8. The van der Waals surface area contributed by atoms with Gasteiger partial charge >= 0.3 is 0 Å². The van der Waals surface area contributed by atoms with Crippen LogP contribution in [0.25, 0.3) is 0 Å². The van der Waals surface area contributed by atoms with Crippen LogP contribution in [0.2, 0.25) is 0 Å². The minimum Gasteiger partial charge on any atom is -0.354 e. The first-order valence-electron chi connectivity index (χ1n) is 6.63. The second-order valence-corrected chi connectivity index (χ2v) is 7.31. The summed E-state index contributed by atoms with van der Waals surface area (Å²) in [7, 11) is 0. The lowest BCUT2D eigenvalue weighted by molar-refractivity contribution is 0.710. The molecule has 1 aromatic rings. The van der Waals surface area contributed by atoms with E-state index in [0.717, 1.165) is 37.6 Å². The van der Waals surface area contributed by atoms with Crippen LogP contribution in [0.1, 0.15) is 38.4 Å². The van der Waals surface area contributed by atoms with Gasteiger partial charge in [0.2, 0.25) is 0 Å². The lowest BCUT2D eigenvalue weighted by atomic mass is 10.3. The van der Waals surface area contributed by atoms with Crippen molar-refractivity contribution >= 4 is 17.6 Å². The van der Waals surface area contributed by atoms with Gasteiger partial charge in [-0.25, -0.2) is 4.98 Å². The Labute approximate surface area is 111 Å². The standard InChI is InChI=1S/C13H19N3OS/c1-8-6-16(7-9(2)18-8)11-5-12(17)15-13(14-11)10-3-4-10/h5,8-10H,3-4,6-7H2,1-2H3,(H,14,15,17). The van der Waals surface area contributed by atoms with Gasteiger partial charge in [-0.05, 0) is 12.8 Å². The van der Waals surface area contributed by atoms with Gasteiger partial charge in [-0.2, -0.15) is 11.8 Å². The molecular formula is C13H19N3OS. The van der Waals surface area contributed by atoms with Crippen molar-refractivity contribution in [3.63, 3.8) is 0 Å². The van der Waals surface area contributed by atoms with Crippen molar-refractivity contribution in [2.24, 2.45) is 0 Å². The van der Waals surface area contributed by atoms with Crippen molar-refractivity contribution in [1.29, 1.82) is 0 Å². The summed E-state index contributed by atoms with van der Waals surface area (Å²) >= 11 is 2.01. The monoisotopic (exact) mass is 265 g/mol. The van der Waals surface area contributed by atoms with Crippen LogP contribution in [0.4, 0.5) is 5.82 Å². The highest BCUT2D eigenvalue weighted by molar-refractivity contribution is 8.00. The fourth-order valence-corrected chi connectivity index (χ4v) is 3.87. The summed E-state index contributed by atoms with van der Waals surface area (Å²) in [4.78, 5) is 21.5. The molecule has 2 unspecified atom stereocenters. The second kappa shape index (κ2) is 4.61. The largest absolute Gasteiger partial charge is 0.354 e. The van der Waals surface area contributed by atoms with E-state index >= 15 is 0 Å². The van der Waals surface area contributed by atoms with Crippen LogP contribution in [-0.4, -0.2) is 33.6 Å². The van der Waals surface area contributed by atoms with Gasteiger partial charge in [0.05, 0.1) is 0 Å². The molecule has 2 fully saturated rings. The molecule has 3 rings (SSSR count). The molecule has 0 bridgehead atoms. The maximum absolute atomic E-state index is 11.7. The average molecular weight is 265 g/mol. The molecule has 1 saturated carbocycles. The minimum atomic E-state index is -0.0135. The Morgan fingerprint density at radius 1 is 1.33 bits per heavy atom. The normalized spacial score (nSPS) is 28.4. The molecule has 2 heterocycles. The number of aromatic amines is 1. The molecule has 2 atom stereocenters. The fourth-order valence-electron chi connectivity index (χ4n) is 2.54. The van der Waals surface area contributed by atoms with Crippen molar-refractivity contribution in [2.45, 2.75) is 43.1 Å². The molecule has 0 spiro atoms. The summed E-state index contributed by atoms with van der Waals surface area (Å²) in [5, 5.41) is 1.19. The van der Waals surface area contributed by atoms with Gasteiger partial charge in [0.25, 0.3) is 5.56 Å². The van der Waals surface area contributed by atoms with E-state index in [0.29, 0.717) is 16.4 Å². The summed E-state index contributed by atoms with van der Waals surface area (Å²) < 4.78 is 0. The maximum Gasteiger partial charge on any atom is 0.252 e. The molecular weight excluding hydrogens is 246 g/mol. The third-order valence-corrected chi connectivity index (χ3v) is 4.68. The molecule has 1 saturated heterocycles. The Hall–Kier alpha value is -0.970. The number of aromatic nitrogens is 2. The number of thioether (sulfide) groups is 1. The van der Waals surface area contributed by atoms with Crippen molar-refractivity contribution in [3.05, 3.63) is 22.2 Å². The van der Waals surface area contributed by atoms with Gasteiger partial charge < -0.3 is 9.88 Å². The van der Waals surface area contributed by atoms with E-state index in [-0.39, 0.29) is 5.56 Å². The number of hydrogen-bond acceptors (Lipinski definition) is 4. The van der Waals surface area contributed by atoms with E-state index in [1.165, 1.54) is 0 Å². The third kappa shape index (κ3) is 2.55. The summed E-state index contributed by atoms with van der Waals surface area (Å²) in [6.45, 7) is 6.44. The van der Waals surface area contributed by atoms with Gasteiger partial charge in [0.15, 0.2) is 0 Å². The predicted molar refractivity (Wildman–Crippen MR) is 75.6 cm³/mol. The molecule has 1 N–H and O–H groups in total. The quantitative estimate of drug-likeness (QED) is 0.888. The molecule has 0 amide bonds. The third-order valence-electron chi connectivity index (χ3n) is 3.45. The molecule has 98 valence electrons. The first-order chi connectivity index (χ1) is 8.61. The molecule has 0 radical (unpaired) electrons. The molecule has 2 aliphatic rings. The Morgan fingerprint density at radius 3 is 2.61 bits per heavy atom. The zero-order valence-corrected chi connectivity index (χ0v) is 11.7. The van der Waals surface area contributed by atoms with E-state index in [1.54, 1.807) is 6.07 Å². The smallest absolute Gasteiger partial charge is 0.252 e. The van der Waals surface area contributed by atoms with Gasteiger partial charge in [0, 0.05) is 35.6 Å². The van der Waals surface area contributed by atoms with E-state index < -0.39 is 0 Å². The zero-order chi connectivity index (χ0) is 12.7. The number of nitrogens with zero attached hydrogens (tertiary/aromatic N) is 2. The van der Waals surface area contributed by atoms with Crippen LogP contribution in [0, 0.1) is 0 Å². The summed E-state index contributed by atoms with van der Waals surface area (Å²) in [6, 6.07) is 1.64. The first-order valence-corrected chi connectivity index (χ1v) is 7.58. The average Bonchev–Trinajstić information content (AvgIpc) is 3.10. The van der Waals surface area contributed by atoms with E-state index in [9.17, 15) is 4.79 Å². The lowest BCUT2D eigenvalue weighted by Gasteiger charge is -2.35. The van der Waals surface area contributed by atoms with E-state index in [4.69, 9.17) is 0 Å². The maximum atomic E-state index is 11.7.